The smallest absolute Gasteiger partial charge is 0.123 e. The Bertz CT molecular complexity index is 433. The highest BCUT2D eigenvalue weighted by atomic mass is 19.1. The van der Waals surface area contributed by atoms with Crippen molar-refractivity contribution >= 4 is 5.69 Å². The van der Waals surface area contributed by atoms with Gasteiger partial charge < -0.3 is 5.32 Å². The number of nitrogens with one attached hydrogen (secondary N) is 1. The lowest BCUT2D eigenvalue weighted by Crippen LogP contribution is -1.98. The Morgan fingerprint density at radius 2 is 2.07 bits per heavy atom. The highest BCUT2D eigenvalue weighted by Gasteiger charge is 1.96. The Labute approximate surface area is 87.5 Å². The van der Waals surface area contributed by atoms with Crippen molar-refractivity contribution in [3.05, 3.63) is 48.0 Å². The molecule has 0 saturated carbocycles. The van der Waals surface area contributed by atoms with Gasteiger partial charge in [-0.05, 0) is 17.7 Å². The number of aromatic nitrogens is 2. The molecule has 2 rings (SSSR count). The van der Waals surface area contributed by atoms with Crippen molar-refractivity contribution in [1.29, 1.82) is 0 Å². The Balaban J connectivity index is 1.96. The highest BCUT2D eigenvalue weighted by Crippen LogP contribution is 2.08. The summed E-state index contributed by atoms with van der Waals surface area (Å²) in [5.41, 5.74) is 2.00. The molecule has 1 aromatic heterocycles. The molecule has 1 aromatic carbocycles. The second kappa shape index (κ2) is 4.13. The van der Waals surface area contributed by atoms with Gasteiger partial charge in [-0.15, -0.1) is 0 Å². The zero-order chi connectivity index (χ0) is 10.7. The summed E-state index contributed by atoms with van der Waals surface area (Å²) in [6, 6.07) is 6.44. The first-order valence-electron chi connectivity index (χ1n) is 4.71. The minimum Gasteiger partial charge on any atom is -0.378 e. The van der Waals surface area contributed by atoms with Gasteiger partial charge in [-0.25, -0.2) is 4.39 Å². The molecule has 0 aliphatic heterocycles. The first-order chi connectivity index (χ1) is 7.24. The van der Waals surface area contributed by atoms with Gasteiger partial charge in [0.2, 0.25) is 0 Å². The van der Waals surface area contributed by atoms with Crippen LogP contribution in [0.15, 0.2) is 36.7 Å². The Morgan fingerprint density at radius 1 is 1.33 bits per heavy atom. The lowest BCUT2D eigenvalue weighted by Gasteiger charge is -2.02. The fourth-order valence-corrected chi connectivity index (χ4v) is 1.32. The predicted molar refractivity (Wildman–Crippen MR) is 56.9 cm³/mol. The van der Waals surface area contributed by atoms with E-state index >= 15 is 0 Å². The van der Waals surface area contributed by atoms with Crippen LogP contribution in [0.3, 0.4) is 0 Å². The summed E-state index contributed by atoms with van der Waals surface area (Å²) >= 11 is 0. The highest BCUT2D eigenvalue weighted by molar-refractivity contribution is 5.39. The SMILES string of the molecule is Cn1cc(NCc2ccc(F)cc2)cn1. The molecule has 0 aliphatic carbocycles. The normalized spacial score (nSPS) is 10.3. The molecule has 3 nitrogen and oxygen atoms in total. The van der Waals surface area contributed by atoms with E-state index in [0.29, 0.717) is 6.54 Å². The Morgan fingerprint density at radius 3 is 2.67 bits per heavy atom. The number of benzene rings is 1. The summed E-state index contributed by atoms with van der Waals surface area (Å²) in [6.45, 7) is 0.673. The molecular formula is C11H12FN3. The van der Waals surface area contributed by atoms with Crippen LogP contribution in [0.5, 0.6) is 0 Å². The van der Waals surface area contributed by atoms with Crippen molar-refractivity contribution < 1.29 is 4.39 Å². The van der Waals surface area contributed by atoms with Crippen LogP contribution in [0.25, 0.3) is 0 Å². The molecule has 0 spiro atoms. The molecule has 1 N–H and O–H groups in total. The molecule has 0 atom stereocenters. The first kappa shape index (κ1) is 9.71. The van der Waals surface area contributed by atoms with Crippen molar-refractivity contribution in [3.63, 3.8) is 0 Å². The molecule has 0 saturated heterocycles. The molecular weight excluding hydrogens is 193 g/mol. The second-order valence-electron chi connectivity index (χ2n) is 3.38. The van der Waals surface area contributed by atoms with Gasteiger partial charge in [-0.2, -0.15) is 5.10 Å². The molecule has 0 radical (unpaired) electrons. The average molecular weight is 205 g/mol. The summed E-state index contributed by atoms with van der Waals surface area (Å²) in [7, 11) is 1.86. The van der Waals surface area contributed by atoms with E-state index in [1.807, 2.05) is 13.2 Å². The second-order valence-corrected chi connectivity index (χ2v) is 3.38. The zero-order valence-electron chi connectivity index (χ0n) is 8.44. The summed E-state index contributed by atoms with van der Waals surface area (Å²) in [4.78, 5) is 0. The van der Waals surface area contributed by atoms with Crippen LogP contribution < -0.4 is 5.32 Å². The lowest BCUT2D eigenvalue weighted by molar-refractivity contribution is 0.627. The van der Waals surface area contributed by atoms with Crippen LogP contribution in [0.1, 0.15) is 5.56 Å². The third-order valence-corrected chi connectivity index (χ3v) is 2.11. The van der Waals surface area contributed by atoms with Crippen LogP contribution >= 0.6 is 0 Å². The molecule has 1 heterocycles. The Hall–Kier alpha value is -1.84. The minimum absolute atomic E-state index is 0.208. The number of hydrogen-bond acceptors (Lipinski definition) is 2. The minimum atomic E-state index is -0.208. The summed E-state index contributed by atoms with van der Waals surface area (Å²) in [5.74, 6) is -0.208. The van der Waals surface area contributed by atoms with E-state index in [0.717, 1.165) is 11.3 Å². The van der Waals surface area contributed by atoms with E-state index in [1.54, 1.807) is 23.0 Å². The van der Waals surface area contributed by atoms with Crippen molar-refractivity contribution in [3.8, 4) is 0 Å². The third kappa shape index (κ3) is 2.56. The van der Waals surface area contributed by atoms with Gasteiger partial charge in [0.15, 0.2) is 0 Å². The molecule has 4 heteroatoms. The van der Waals surface area contributed by atoms with E-state index < -0.39 is 0 Å². The quantitative estimate of drug-likeness (QED) is 0.832. The third-order valence-electron chi connectivity index (χ3n) is 2.11. The standard InChI is InChI=1S/C11H12FN3/c1-15-8-11(7-14-15)13-6-9-2-4-10(12)5-3-9/h2-5,7-8,13H,6H2,1H3. The van der Waals surface area contributed by atoms with Crippen molar-refractivity contribution in [1.82, 2.24) is 9.78 Å². The maximum atomic E-state index is 12.6. The van der Waals surface area contributed by atoms with Gasteiger partial charge in [0.25, 0.3) is 0 Å². The van der Waals surface area contributed by atoms with Gasteiger partial charge in [0.05, 0.1) is 11.9 Å². The van der Waals surface area contributed by atoms with E-state index in [2.05, 4.69) is 10.4 Å². The lowest BCUT2D eigenvalue weighted by atomic mass is 10.2. The molecule has 2 aromatic rings. The van der Waals surface area contributed by atoms with Crippen molar-refractivity contribution in [2.75, 3.05) is 5.32 Å². The van der Waals surface area contributed by atoms with Crippen molar-refractivity contribution in [2.45, 2.75) is 6.54 Å². The monoisotopic (exact) mass is 205 g/mol. The summed E-state index contributed by atoms with van der Waals surface area (Å²) in [6.07, 6.45) is 3.65. The largest absolute Gasteiger partial charge is 0.378 e. The molecule has 0 bridgehead atoms. The predicted octanol–water partition coefficient (Wildman–Crippen LogP) is 2.17. The van der Waals surface area contributed by atoms with E-state index in [-0.39, 0.29) is 5.82 Å². The van der Waals surface area contributed by atoms with Gasteiger partial charge in [-0.1, -0.05) is 12.1 Å². The number of hydrogen-bond donors (Lipinski definition) is 1. The number of aryl methyl sites for hydroxylation is 1. The van der Waals surface area contributed by atoms with Gasteiger partial charge in [-0.3, -0.25) is 4.68 Å². The first-order valence-corrected chi connectivity index (χ1v) is 4.71. The molecule has 0 unspecified atom stereocenters. The fraction of sp³-hybridized carbons (Fsp3) is 0.182. The van der Waals surface area contributed by atoms with Gasteiger partial charge >= 0.3 is 0 Å². The summed E-state index contributed by atoms with van der Waals surface area (Å²) < 4.78 is 14.3. The van der Waals surface area contributed by atoms with E-state index in [1.165, 1.54) is 12.1 Å². The van der Waals surface area contributed by atoms with Crippen molar-refractivity contribution in [2.24, 2.45) is 7.05 Å². The van der Waals surface area contributed by atoms with Crippen LogP contribution in [0.2, 0.25) is 0 Å². The maximum absolute atomic E-state index is 12.6. The maximum Gasteiger partial charge on any atom is 0.123 e. The van der Waals surface area contributed by atoms with Crippen LogP contribution in [0.4, 0.5) is 10.1 Å². The number of anilines is 1. The summed E-state index contributed by atoms with van der Waals surface area (Å²) in [5, 5.41) is 7.23. The van der Waals surface area contributed by atoms with Gasteiger partial charge in [0, 0.05) is 19.8 Å². The van der Waals surface area contributed by atoms with E-state index in [9.17, 15) is 4.39 Å². The zero-order valence-corrected chi connectivity index (χ0v) is 8.44. The molecule has 15 heavy (non-hydrogen) atoms. The van der Waals surface area contributed by atoms with Crippen LogP contribution in [0, 0.1) is 5.82 Å². The number of nitrogens with zero attached hydrogens (tertiary/aromatic N) is 2. The molecule has 0 amide bonds. The topological polar surface area (TPSA) is 29.9 Å². The fourth-order valence-electron chi connectivity index (χ4n) is 1.32. The van der Waals surface area contributed by atoms with Crippen LogP contribution in [-0.4, -0.2) is 9.78 Å². The number of rotatable bonds is 3. The molecule has 0 aliphatic rings. The van der Waals surface area contributed by atoms with Crippen LogP contribution in [-0.2, 0) is 13.6 Å². The van der Waals surface area contributed by atoms with E-state index in [4.69, 9.17) is 0 Å². The molecule has 78 valence electrons. The van der Waals surface area contributed by atoms with Gasteiger partial charge in [0.1, 0.15) is 5.82 Å². The Kier molecular flexibility index (Phi) is 2.67. The molecule has 0 fully saturated rings. The average Bonchev–Trinajstić information content (AvgIpc) is 2.64. The number of halogens is 1.